The lowest BCUT2D eigenvalue weighted by Crippen LogP contribution is -2.70. The van der Waals surface area contributed by atoms with E-state index in [4.69, 9.17) is 28.6 Å². The maximum atomic E-state index is 15.5. The second-order valence-electron chi connectivity index (χ2n) is 10.3. The van der Waals surface area contributed by atoms with Crippen molar-refractivity contribution in [3.05, 3.63) is 18.6 Å². The standard InChI is InChI=1S/C20H29FN8O11P2/c21-12-9(26-11-1-2-23-6-24-11)3-8-4-36-41(32,33)40-16-14(30)10(5-37-42(34,35)39-15(8)12)38-19(16)29-7-25-13-17(29)27-20(22)28-18(13)31/h1-2,6-10,12-17,19-20,27,30H,3-5,22H2,(H,28,31)(H,32,33)(H,34,35)(H,23,24,26)/t8-,9-,10-,12+,13?,14-,15-,16-,17?,19-,20?/m1/s1. The third kappa shape index (κ3) is 5.95. The molecule has 42 heavy (non-hydrogen) atoms. The fourth-order valence-corrected chi connectivity index (χ4v) is 7.54. The molecule has 22 heteroatoms. The molecule has 1 amide bonds. The highest BCUT2D eigenvalue weighted by molar-refractivity contribution is 7.47. The van der Waals surface area contributed by atoms with Crippen LogP contribution in [0.25, 0.3) is 0 Å². The predicted molar refractivity (Wildman–Crippen MR) is 136 cm³/mol. The van der Waals surface area contributed by atoms with E-state index in [2.05, 4.69) is 30.9 Å². The topological polar surface area (TPSA) is 262 Å². The van der Waals surface area contributed by atoms with Crippen LogP contribution in [0.4, 0.5) is 10.2 Å². The summed E-state index contributed by atoms with van der Waals surface area (Å²) >= 11 is 0. The first kappa shape index (κ1) is 29.9. The number of carbonyl (C=O) groups is 1. The summed E-state index contributed by atoms with van der Waals surface area (Å²) in [5.74, 6) is -1.23. The number of aromatic nitrogens is 2. The van der Waals surface area contributed by atoms with Crippen molar-refractivity contribution < 1.29 is 56.0 Å². The molecule has 8 N–H and O–H groups in total. The fourth-order valence-electron chi connectivity index (χ4n) is 5.57. The minimum Gasteiger partial charge on any atom is -0.387 e. The van der Waals surface area contributed by atoms with Crippen LogP contribution < -0.4 is 21.7 Å². The van der Waals surface area contributed by atoms with Crippen molar-refractivity contribution in [2.45, 2.75) is 67.8 Å². The summed E-state index contributed by atoms with van der Waals surface area (Å²) in [6.07, 6.45) is -7.57. The Morgan fingerprint density at radius 1 is 1.17 bits per heavy atom. The van der Waals surface area contributed by atoms with E-state index >= 15 is 4.39 Å². The highest BCUT2D eigenvalue weighted by Gasteiger charge is 2.56. The average Bonchev–Trinajstić information content (AvgIpc) is 3.57. The van der Waals surface area contributed by atoms with E-state index < -0.39 is 102 Å². The molecule has 4 fully saturated rings. The third-order valence-corrected chi connectivity index (χ3v) is 9.47. The summed E-state index contributed by atoms with van der Waals surface area (Å²) in [4.78, 5) is 46.6. The monoisotopic (exact) mass is 638 g/mol. The number of nitrogens with two attached hydrogens (primary N) is 1. The van der Waals surface area contributed by atoms with Gasteiger partial charge in [0.15, 0.2) is 12.3 Å². The zero-order valence-corrected chi connectivity index (χ0v) is 23.3. The van der Waals surface area contributed by atoms with E-state index in [1.54, 1.807) is 0 Å². The van der Waals surface area contributed by atoms with Crippen LogP contribution >= 0.6 is 15.6 Å². The molecule has 232 valence electrons. The zero-order chi connectivity index (χ0) is 29.8. The lowest BCUT2D eigenvalue weighted by Gasteiger charge is -2.39. The third-order valence-electron chi connectivity index (χ3n) is 7.50. The molecule has 0 aromatic carbocycles. The fraction of sp³-hybridized carbons (Fsp3) is 0.700. The van der Waals surface area contributed by atoms with Crippen LogP contribution in [0, 0.1) is 5.92 Å². The van der Waals surface area contributed by atoms with Crippen LogP contribution in [0.2, 0.25) is 0 Å². The summed E-state index contributed by atoms with van der Waals surface area (Å²) in [6, 6.07) is -0.459. The van der Waals surface area contributed by atoms with Crippen molar-refractivity contribution in [1.82, 2.24) is 25.5 Å². The highest BCUT2D eigenvalue weighted by Crippen LogP contribution is 2.53. The molecular weight excluding hydrogens is 609 g/mol. The molecule has 1 aromatic heterocycles. The van der Waals surface area contributed by atoms with E-state index in [9.17, 15) is 28.8 Å². The Balaban J connectivity index is 1.24. The van der Waals surface area contributed by atoms with Crippen LogP contribution in [0.3, 0.4) is 0 Å². The van der Waals surface area contributed by atoms with Crippen LogP contribution in [0.5, 0.6) is 0 Å². The van der Waals surface area contributed by atoms with Gasteiger partial charge in [-0.15, -0.1) is 0 Å². The molecule has 2 bridgehead atoms. The Labute approximate surface area is 237 Å². The highest BCUT2D eigenvalue weighted by atomic mass is 31.2. The van der Waals surface area contributed by atoms with Gasteiger partial charge in [-0.2, -0.15) is 0 Å². The largest absolute Gasteiger partial charge is 0.472 e. The SMILES string of the molecule is NC1NC(=O)C2N=CN([C@@H]3O[C@@H]4COP(=O)(O)O[C@@H]5[C@@H](COP(=O)(O)O[C@@H]3[C@@H]4O)C[C@@H](Nc3ccncn3)[C@@H]5F)C2N1. The maximum absolute atomic E-state index is 15.5. The lowest BCUT2D eigenvalue weighted by atomic mass is 10.1. The number of anilines is 1. The first-order valence-corrected chi connectivity index (χ1v) is 15.8. The van der Waals surface area contributed by atoms with Crippen molar-refractivity contribution in [1.29, 1.82) is 0 Å². The molecule has 0 radical (unpaired) electrons. The van der Waals surface area contributed by atoms with Gasteiger partial charge >= 0.3 is 15.6 Å². The normalized spacial score (nSPS) is 47.5. The van der Waals surface area contributed by atoms with Crippen molar-refractivity contribution in [2.24, 2.45) is 16.6 Å². The molecule has 1 aliphatic carbocycles. The number of ether oxygens (including phenoxy) is 1. The van der Waals surface area contributed by atoms with E-state index in [1.165, 1.54) is 29.8 Å². The first-order chi connectivity index (χ1) is 19.9. The van der Waals surface area contributed by atoms with Gasteiger partial charge in [-0.05, 0) is 12.5 Å². The summed E-state index contributed by atoms with van der Waals surface area (Å²) in [5, 5.41) is 19.2. The summed E-state index contributed by atoms with van der Waals surface area (Å²) in [6.45, 7) is -1.39. The number of halogens is 1. The molecule has 5 unspecified atom stereocenters. The van der Waals surface area contributed by atoms with Crippen LogP contribution in [0.1, 0.15) is 6.42 Å². The quantitative estimate of drug-likeness (QED) is 0.172. The molecule has 4 aliphatic heterocycles. The average molecular weight is 638 g/mol. The predicted octanol–water partition coefficient (Wildman–Crippen LogP) is -2.28. The first-order valence-electron chi connectivity index (χ1n) is 12.9. The molecule has 0 spiro atoms. The molecule has 19 nitrogen and oxygen atoms in total. The van der Waals surface area contributed by atoms with Crippen molar-refractivity contribution in [3.8, 4) is 0 Å². The minimum atomic E-state index is -4.99. The molecule has 13 atom stereocenters. The molecule has 1 aromatic rings. The Kier molecular flexibility index (Phi) is 8.09. The number of aliphatic hydroxyl groups excluding tert-OH is 1. The maximum Gasteiger partial charge on any atom is 0.472 e. The Bertz CT molecular complexity index is 1300. The molecular formula is C20H29FN8O11P2. The molecule has 5 aliphatic rings. The molecule has 5 heterocycles. The number of nitrogens with zero attached hydrogens (tertiary/aromatic N) is 4. The van der Waals surface area contributed by atoms with Crippen molar-refractivity contribution in [2.75, 3.05) is 18.5 Å². The van der Waals surface area contributed by atoms with Gasteiger partial charge < -0.3 is 35.2 Å². The van der Waals surface area contributed by atoms with E-state index in [0.29, 0.717) is 0 Å². The number of hydrogen-bond donors (Lipinski definition) is 7. The smallest absolute Gasteiger partial charge is 0.387 e. The van der Waals surface area contributed by atoms with Gasteiger partial charge in [0.25, 0.3) is 5.91 Å². The zero-order valence-electron chi connectivity index (χ0n) is 21.5. The Hall–Kier alpha value is -2.19. The number of rotatable bonds is 3. The number of aliphatic imine (C=N–C) groups is 1. The number of phosphoric ester groups is 2. The van der Waals surface area contributed by atoms with Crippen molar-refractivity contribution in [3.63, 3.8) is 0 Å². The van der Waals surface area contributed by atoms with Crippen LogP contribution in [-0.2, 0) is 36.8 Å². The lowest BCUT2D eigenvalue weighted by molar-refractivity contribution is -0.130. The van der Waals surface area contributed by atoms with E-state index in [-0.39, 0.29) is 12.2 Å². The number of alkyl halides is 1. The van der Waals surface area contributed by atoms with Crippen LogP contribution in [0.15, 0.2) is 23.6 Å². The van der Waals surface area contributed by atoms with E-state index in [1.807, 2.05) is 0 Å². The van der Waals surface area contributed by atoms with Gasteiger partial charge in [-0.25, -0.2) is 23.5 Å². The van der Waals surface area contributed by atoms with Gasteiger partial charge in [-0.3, -0.25) is 38.9 Å². The Morgan fingerprint density at radius 2 is 1.90 bits per heavy atom. The number of carbonyl (C=O) groups excluding carboxylic acids is 1. The van der Waals surface area contributed by atoms with Crippen LogP contribution in [-0.4, -0.2) is 117 Å². The minimum absolute atomic E-state index is 0.0580. The summed E-state index contributed by atoms with van der Waals surface area (Å²) < 4.78 is 68.1. The van der Waals surface area contributed by atoms with Gasteiger partial charge in [0.1, 0.15) is 55.2 Å². The van der Waals surface area contributed by atoms with Gasteiger partial charge in [-0.1, -0.05) is 0 Å². The Morgan fingerprint density at radius 3 is 2.64 bits per heavy atom. The van der Waals surface area contributed by atoms with Gasteiger partial charge in [0, 0.05) is 12.1 Å². The number of fused-ring (bicyclic) bond motifs is 4. The molecule has 1 saturated carbocycles. The molecule has 6 rings (SSSR count). The van der Waals surface area contributed by atoms with Gasteiger partial charge in [0.2, 0.25) is 0 Å². The number of hydrogen-bond acceptors (Lipinski definition) is 16. The summed E-state index contributed by atoms with van der Waals surface area (Å²) in [5.41, 5.74) is 5.81. The number of aliphatic hydroxyl groups is 1. The molecule has 3 saturated heterocycles. The number of nitrogens with one attached hydrogen (secondary N) is 3. The second kappa shape index (κ2) is 11.4. The second-order valence-corrected chi connectivity index (χ2v) is 13.1. The van der Waals surface area contributed by atoms with Crippen molar-refractivity contribution >= 4 is 33.7 Å². The van der Waals surface area contributed by atoms with Gasteiger partial charge in [0.05, 0.1) is 25.6 Å². The number of phosphoric acid groups is 2. The van der Waals surface area contributed by atoms with E-state index in [0.717, 1.165) is 0 Å². The summed E-state index contributed by atoms with van der Waals surface area (Å²) in [7, 11) is -9.97. The number of amides is 1.